The van der Waals surface area contributed by atoms with Gasteiger partial charge in [-0.15, -0.1) is 6.42 Å². The van der Waals surface area contributed by atoms with E-state index in [0.717, 1.165) is 6.07 Å². The third-order valence-corrected chi connectivity index (χ3v) is 6.17. The zero-order valence-electron chi connectivity index (χ0n) is 19.8. The summed E-state index contributed by atoms with van der Waals surface area (Å²) in [6.45, 7) is 1.51. The highest BCUT2D eigenvalue weighted by atomic mass is 35.5. The fourth-order valence-corrected chi connectivity index (χ4v) is 4.37. The molecule has 4 rings (SSSR count). The number of aryl methyl sites for hydroxylation is 1. The summed E-state index contributed by atoms with van der Waals surface area (Å²) < 4.78 is 34.0. The van der Waals surface area contributed by atoms with Crippen LogP contribution in [0.5, 0.6) is 5.75 Å². The summed E-state index contributed by atoms with van der Waals surface area (Å²) in [7, 11) is 0. The van der Waals surface area contributed by atoms with Crippen LogP contribution in [0.2, 0.25) is 5.02 Å². The Hall–Kier alpha value is -4.73. The van der Waals surface area contributed by atoms with Gasteiger partial charge >= 0.3 is 5.97 Å². The molecule has 7 nitrogen and oxygen atoms in total. The van der Waals surface area contributed by atoms with Gasteiger partial charge in [0.1, 0.15) is 24.3 Å². The van der Waals surface area contributed by atoms with E-state index in [9.17, 15) is 28.7 Å². The Bertz CT molecular complexity index is 1740. The first-order valence-electron chi connectivity index (χ1n) is 11.2. The molecule has 0 bridgehead atoms. The number of hydrogen-bond acceptors (Lipinski definition) is 5. The number of fused-ring (bicyclic) bond motifs is 1. The minimum absolute atomic E-state index is 0.0173. The molecule has 0 saturated carbocycles. The minimum atomic E-state index is -2.93. The largest absolute Gasteiger partial charge is 0.491 e. The monoisotopic (exact) mass is 533 g/mol. The number of terminal acetylenes is 1. The van der Waals surface area contributed by atoms with Gasteiger partial charge < -0.3 is 9.84 Å². The molecule has 0 fully saturated rings. The number of nitrogens with zero attached hydrogens (tertiary/aromatic N) is 3. The molecule has 0 spiro atoms. The average molecular weight is 534 g/mol. The predicted molar refractivity (Wildman–Crippen MR) is 138 cm³/mol. The maximum absolute atomic E-state index is 13.4. The van der Waals surface area contributed by atoms with Crippen molar-refractivity contribution < 1.29 is 23.4 Å². The van der Waals surface area contributed by atoms with Crippen LogP contribution in [0.3, 0.4) is 0 Å². The van der Waals surface area contributed by atoms with Crippen LogP contribution in [0.4, 0.5) is 8.78 Å². The second-order valence-electron chi connectivity index (χ2n) is 8.12. The molecule has 38 heavy (non-hydrogen) atoms. The van der Waals surface area contributed by atoms with E-state index in [4.69, 9.17) is 22.8 Å². The number of benzene rings is 3. The van der Waals surface area contributed by atoms with Crippen LogP contribution < -0.4 is 10.3 Å². The van der Waals surface area contributed by atoms with E-state index in [-0.39, 0.29) is 35.2 Å². The van der Waals surface area contributed by atoms with Crippen molar-refractivity contribution in [1.82, 2.24) is 9.55 Å². The first-order chi connectivity index (χ1) is 18.2. The number of carboxylic acid groups (broad SMARTS) is 1. The number of alkyl halides is 2. The lowest BCUT2D eigenvalue weighted by Gasteiger charge is -2.16. The molecular weight excluding hydrogens is 516 g/mol. The van der Waals surface area contributed by atoms with Crippen LogP contribution in [0.1, 0.15) is 39.3 Å². The normalized spacial score (nSPS) is 10.8. The molecule has 0 unspecified atom stereocenters. The van der Waals surface area contributed by atoms with Gasteiger partial charge in [-0.05, 0) is 43.3 Å². The number of carboxylic acids is 1. The summed E-state index contributed by atoms with van der Waals surface area (Å²) >= 11 is 6.20. The predicted octanol–water partition coefficient (Wildman–Crippen LogP) is 5.59. The van der Waals surface area contributed by atoms with Crippen LogP contribution in [0.15, 0.2) is 53.3 Å². The molecular formula is C28H18ClF2N3O4. The van der Waals surface area contributed by atoms with E-state index in [1.165, 1.54) is 16.7 Å². The smallest absolute Gasteiger partial charge is 0.336 e. The second kappa shape index (κ2) is 10.7. The maximum atomic E-state index is 13.4. The number of rotatable bonds is 7. The van der Waals surface area contributed by atoms with Crippen molar-refractivity contribution in [3.8, 4) is 35.3 Å². The molecule has 0 aliphatic rings. The third-order valence-electron chi connectivity index (χ3n) is 5.94. The summed E-state index contributed by atoms with van der Waals surface area (Å²) in [5.74, 6) is 1.86. The molecule has 0 saturated heterocycles. The topological polar surface area (TPSA) is 105 Å². The van der Waals surface area contributed by atoms with E-state index >= 15 is 0 Å². The van der Waals surface area contributed by atoms with E-state index in [2.05, 4.69) is 10.9 Å². The number of aromatic nitrogens is 2. The molecule has 1 heterocycles. The number of aromatic carboxylic acids is 1. The summed E-state index contributed by atoms with van der Waals surface area (Å²) in [5, 5.41) is 19.2. The molecule has 0 radical (unpaired) electrons. The van der Waals surface area contributed by atoms with E-state index < -0.39 is 29.1 Å². The fraction of sp³-hybridized carbons (Fsp3) is 0.143. The minimum Gasteiger partial charge on any atom is -0.491 e. The van der Waals surface area contributed by atoms with Crippen molar-refractivity contribution >= 4 is 28.5 Å². The lowest BCUT2D eigenvalue weighted by atomic mass is 9.95. The van der Waals surface area contributed by atoms with Crippen molar-refractivity contribution in [2.75, 3.05) is 6.61 Å². The third kappa shape index (κ3) is 4.80. The second-order valence-corrected chi connectivity index (χ2v) is 8.56. The van der Waals surface area contributed by atoms with Gasteiger partial charge in [0.2, 0.25) is 0 Å². The molecule has 0 aliphatic carbocycles. The van der Waals surface area contributed by atoms with Gasteiger partial charge in [0.25, 0.3) is 12.0 Å². The van der Waals surface area contributed by atoms with Crippen molar-refractivity contribution in [2.45, 2.75) is 19.9 Å². The average Bonchev–Trinajstić information content (AvgIpc) is 2.89. The number of nitriles is 1. The number of hydrogen-bond donors (Lipinski definition) is 1. The summed E-state index contributed by atoms with van der Waals surface area (Å²) in [6.07, 6.45) is 2.69. The van der Waals surface area contributed by atoms with Gasteiger partial charge in [0.15, 0.2) is 0 Å². The van der Waals surface area contributed by atoms with Crippen molar-refractivity contribution in [3.05, 3.63) is 92.0 Å². The summed E-state index contributed by atoms with van der Waals surface area (Å²) in [6, 6.07) is 13.4. The van der Waals surface area contributed by atoms with Crippen LogP contribution in [0, 0.1) is 30.6 Å². The molecule has 1 aromatic heterocycles. The van der Waals surface area contributed by atoms with E-state index in [1.807, 2.05) is 0 Å². The van der Waals surface area contributed by atoms with Crippen LogP contribution in [-0.2, 0) is 6.54 Å². The van der Waals surface area contributed by atoms with Gasteiger partial charge in [0, 0.05) is 27.3 Å². The Labute approximate surface area is 220 Å². The highest BCUT2D eigenvalue weighted by molar-refractivity contribution is 6.31. The highest BCUT2D eigenvalue weighted by Gasteiger charge is 2.21. The zero-order valence-corrected chi connectivity index (χ0v) is 20.6. The van der Waals surface area contributed by atoms with Crippen LogP contribution in [0.25, 0.3) is 22.0 Å². The van der Waals surface area contributed by atoms with Crippen LogP contribution >= 0.6 is 11.6 Å². The van der Waals surface area contributed by atoms with Gasteiger partial charge in [-0.3, -0.25) is 9.36 Å². The lowest BCUT2D eigenvalue weighted by Crippen LogP contribution is -2.27. The van der Waals surface area contributed by atoms with E-state index in [0.29, 0.717) is 27.7 Å². The van der Waals surface area contributed by atoms with Gasteiger partial charge in [-0.25, -0.2) is 18.6 Å². The molecule has 0 amide bonds. The lowest BCUT2D eigenvalue weighted by molar-refractivity contribution is 0.0696. The van der Waals surface area contributed by atoms with Crippen molar-refractivity contribution in [1.29, 1.82) is 5.26 Å². The number of ether oxygens (including phenoxy) is 1. The first-order valence-corrected chi connectivity index (χ1v) is 11.5. The highest BCUT2D eigenvalue weighted by Crippen LogP contribution is 2.36. The molecule has 190 valence electrons. The maximum Gasteiger partial charge on any atom is 0.336 e. The molecule has 3 aromatic carbocycles. The number of carbonyl (C=O) groups is 1. The Morgan fingerprint density at radius 3 is 2.63 bits per heavy atom. The van der Waals surface area contributed by atoms with Gasteiger partial charge in [-0.2, -0.15) is 5.26 Å². The molecule has 0 aliphatic heterocycles. The Morgan fingerprint density at radius 2 is 1.97 bits per heavy atom. The molecule has 10 heteroatoms. The van der Waals surface area contributed by atoms with E-state index in [1.54, 1.807) is 43.3 Å². The van der Waals surface area contributed by atoms with Crippen LogP contribution in [-0.4, -0.2) is 27.2 Å². The molecule has 0 atom stereocenters. The zero-order chi connectivity index (χ0) is 27.6. The molecule has 4 aromatic rings. The standard InChI is InChI=1S/C28H18ClF2N3O4/c1-3-17-18(5-4-6-20(17)28(36)37)21-13-16(29)7-10-24(21)38-12-11-34-15(2)33-23-9-8-19(26(30)31)22(14-32)25(23)27(34)35/h1,4-10,13,26H,11-12H2,2H3,(H,36,37). The van der Waals surface area contributed by atoms with Crippen molar-refractivity contribution in [2.24, 2.45) is 0 Å². The summed E-state index contributed by atoms with van der Waals surface area (Å²) in [4.78, 5) is 29.2. The van der Waals surface area contributed by atoms with Crippen molar-refractivity contribution in [3.63, 3.8) is 0 Å². The SMILES string of the molecule is C#Cc1c(C(=O)O)cccc1-c1cc(Cl)ccc1OCCn1c(C)nc2ccc(C(F)F)c(C#N)c2c1=O. The Balaban J connectivity index is 1.71. The number of halogens is 3. The Morgan fingerprint density at radius 1 is 1.21 bits per heavy atom. The fourth-order valence-electron chi connectivity index (χ4n) is 4.20. The van der Waals surface area contributed by atoms with Gasteiger partial charge in [0.05, 0.1) is 28.6 Å². The molecule has 1 N–H and O–H groups in total. The first kappa shape index (κ1) is 26.3. The Kier molecular flexibility index (Phi) is 7.43. The summed E-state index contributed by atoms with van der Waals surface area (Å²) in [5.41, 5.74) is -0.491. The van der Waals surface area contributed by atoms with Gasteiger partial charge in [-0.1, -0.05) is 29.7 Å². The quantitative estimate of drug-likeness (QED) is 0.310.